The molecule has 1 N–H and O–H groups in total. The third-order valence-electron chi connectivity index (χ3n) is 6.52. The second kappa shape index (κ2) is 7.61. The smallest absolute Gasteiger partial charge is 0.194 e. The summed E-state index contributed by atoms with van der Waals surface area (Å²) in [5.74, 6) is 2.93. The molecule has 136 valence electrons. The van der Waals surface area contributed by atoms with Gasteiger partial charge in [-0.1, -0.05) is 12.8 Å². The molecule has 0 aromatic carbocycles. The van der Waals surface area contributed by atoms with Crippen molar-refractivity contribution in [2.75, 3.05) is 45.9 Å². The maximum Gasteiger partial charge on any atom is 0.194 e. The number of ether oxygens (including phenoxy) is 1. The number of hydrogen-bond donors (Lipinski definition) is 1. The lowest BCUT2D eigenvalue weighted by atomic mass is 9.82. The highest BCUT2D eigenvalue weighted by atomic mass is 16.5. The van der Waals surface area contributed by atoms with Gasteiger partial charge in [0.05, 0.1) is 19.3 Å². The summed E-state index contributed by atoms with van der Waals surface area (Å²) in [7, 11) is 0. The van der Waals surface area contributed by atoms with Crippen molar-refractivity contribution in [3.63, 3.8) is 0 Å². The van der Waals surface area contributed by atoms with Crippen molar-refractivity contribution >= 4 is 5.96 Å². The average molecular weight is 335 g/mol. The maximum absolute atomic E-state index is 6.08. The van der Waals surface area contributed by atoms with Gasteiger partial charge in [0.15, 0.2) is 5.96 Å². The summed E-state index contributed by atoms with van der Waals surface area (Å²) in [4.78, 5) is 10.1. The molecule has 0 bridgehead atoms. The highest BCUT2D eigenvalue weighted by molar-refractivity contribution is 5.80. The molecular formula is C19H34N4O. The molecule has 0 amide bonds. The normalized spacial score (nSPS) is 37.4. The van der Waals surface area contributed by atoms with Crippen LogP contribution in [0.25, 0.3) is 0 Å². The molecule has 0 aromatic rings. The van der Waals surface area contributed by atoms with Gasteiger partial charge in [-0.25, -0.2) is 0 Å². The molecule has 5 nitrogen and oxygen atoms in total. The van der Waals surface area contributed by atoms with Crippen LogP contribution in [-0.4, -0.2) is 73.8 Å². The lowest BCUT2D eigenvalue weighted by Gasteiger charge is -2.34. The van der Waals surface area contributed by atoms with Crippen LogP contribution >= 0.6 is 0 Å². The van der Waals surface area contributed by atoms with Crippen LogP contribution in [0, 0.1) is 11.8 Å². The Morgan fingerprint density at radius 3 is 2.62 bits per heavy atom. The van der Waals surface area contributed by atoms with Gasteiger partial charge in [-0.05, 0) is 51.0 Å². The van der Waals surface area contributed by atoms with Crippen LogP contribution in [0.3, 0.4) is 0 Å². The van der Waals surface area contributed by atoms with Gasteiger partial charge in [0.25, 0.3) is 0 Å². The number of guanidine groups is 1. The van der Waals surface area contributed by atoms with E-state index in [1.165, 1.54) is 58.2 Å². The standard InChI is InChI=1S/C19H34N4O/c1-2-20-19(23-11-15-6-3-4-7-16(15)12-23)21-10-18-13-22-9-5-8-17(22)14-24-18/h15-18H,2-14H2,1H3,(H,20,21). The Kier molecular flexibility index (Phi) is 5.28. The molecule has 4 rings (SSSR count). The molecule has 3 aliphatic heterocycles. The molecular weight excluding hydrogens is 300 g/mol. The van der Waals surface area contributed by atoms with Gasteiger partial charge >= 0.3 is 0 Å². The Labute approximate surface area is 146 Å². The van der Waals surface area contributed by atoms with Gasteiger partial charge in [-0.3, -0.25) is 9.89 Å². The van der Waals surface area contributed by atoms with Crippen molar-refractivity contribution < 1.29 is 4.74 Å². The molecule has 4 unspecified atom stereocenters. The van der Waals surface area contributed by atoms with Gasteiger partial charge in [-0.15, -0.1) is 0 Å². The lowest BCUT2D eigenvalue weighted by molar-refractivity contribution is -0.0432. The highest BCUT2D eigenvalue weighted by Crippen LogP contribution is 2.36. The topological polar surface area (TPSA) is 40.1 Å². The van der Waals surface area contributed by atoms with E-state index >= 15 is 0 Å². The summed E-state index contributed by atoms with van der Waals surface area (Å²) in [6.45, 7) is 9.56. The van der Waals surface area contributed by atoms with Crippen molar-refractivity contribution in [2.24, 2.45) is 16.8 Å². The Bertz CT molecular complexity index is 441. The zero-order valence-electron chi connectivity index (χ0n) is 15.3. The first kappa shape index (κ1) is 16.6. The highest BCUT2D eigenvalue weighted by Gasteiger charge is 2.36. The first-order valence-corrected chi connectivity index (χ1v) is 10.2. The van der Waals surface area contributed by atoms with Crippen LogP contribution in [0.2, 0.25) is 0 Å². The second-order valence-electron chi connectivity index (χ2n) is 8.15. The summed E-state index contributed by atoms with van der Waals surface area (Å²) in [5.41, 5.74) is 0. The summed E-state index contributed by atoms with van der Waals surface area (Å²) in [6.07, 6.45) is 8.62. The number of nitrogens with one attached hydrogen (secondary N) is 1. The van der Waals surface area contributed by atoms with Crippen molar-refractivity contribution in [3.05, 3.63) is 0 Å². The van der Waals surface area contributed by atoms with E-state index in [9.17, 15) is 0 Å². The molecule has 5 heteroatoms. The van der Waals surface area contributed by atoms with Crippen LogP contribution < -0.4 is 5.32 Å². The molecule has 4 atom stereocenters. The minimum Gasteiger partial charge on any atom is -0.373 e. The van der Waals surface area contributed by atoms with E-state index in [0.29, 0.717) is 6.04 Å². The van der Waals surface area contributed by atoms with Crippen LogP contribution in [0.5, 0.6) is 0 Å². The summed E-state index contributed by atoms with van der Waals surface area (Å²) in [5, 5.41) is 3.53. The quantitative estimate of drug-likeness (QED) is 0.632. The monoisotopic (exact) mass is 334 g/mol. The van der Waals surface area contributed by atoms with E-state index in [-0.39, 0.29) is 6.10 Å². The van der Waals surface area contributed by atoms with Gasteiger partial charge in [0.1, 0.15) is 0 Å². The largest absolute Gasteiger partial charge is 0.373 e. The van der Waals surface area contributed by atoms with E-state index in [1.54, 1.807) is 0 Å². The molecule has 4 fully saturated rings. The van der Waals surface area contributed by atoms with Gasteiger partial charge in [0, 0.05) is 32.2 Å². The predicted octanol–water partition coefficient (Wildman–Crippen LogP) is 1.94. The molecule has 3 saturated heterocycles. The van der Waals surface area contributed by atoms with Crippen molar-refractivity contribution in [1.29, 1.82) is 0 Å². The lowest BCUT2D eigenvalue weighted by Crippen LogP contribution is -2.48. The molecule has 0 aromatic heterocycles. The zero-order valence-corrected chi connectivity index (χ0v) is 15.3. The van der Waals surface area contributed by atoms with Crippen LogP contribution in [0.1, 0.15) is 45.4 Å². The summed E-state index contributed by atoms with van der Waals surface area (Å²) >= 11 is 0. The second-order valence-corrected chi connectivity index (χ2v) is 8.15. The van der Waals surface area contributed by atoms with Crippen molar-refractivity contribution in [3.8, 4) is 0 Å². The van der Waals surface area contributed by atoms with E-state index in [0.717, 1.165) is 44.0 Å². The Morgan fingerprint density at radius 2 is 1.88 bits per heavy atom. The van der Waals surface area contributed by atoms with Crippen LogP contribution in [-0.2, 0) is 4.74 Å². The molecule has 3 heterocycles. The number of likely N-dealkylation sites (tertiary alicyclic amines) is 1. The van der Waals surface area contributed by atoms with Gasteiger partial charge in [0.2, 0.25) is 0 Å². The van der Waals surface area contributed by atoms with Crippen LogP contribution in [0.4, 0.5) is 0 Å². The Morgan fingerprint density at radius 1 is 1.08 bits per heavy atom. The maximum atomic E-state index is 6.08. The first-order chi connectivity index (χ1) is 11.8. The minimum absolute atomic E-state index is 0.276. The molecule has 0 radical (unpaired) electrons. The number of morpholine rings is 1. The minimum atomic E-state index is 0.276. The summed E-state index contributed by atoms with van der Waals surface area (Å²) < 4.78 is 6.08. The van der Waals surface area contributed by atoms with Crippen LogP contribution in [0.15, 0.2) is 4.99 Å². The number of hydrogen-bond acceptors (Lipinski definition) is 3. The van der Waals surface area contributed by atoms with Crippen molar-refractivity contribution in [2.45, 2.75) is 57.6 Å². The fourth-order valence-electron chi connectivity index (χ4n) is 5.19. The Hall–Kier alpha value is -0.810. The predicted molar refractivity (Wildman–Crippen MR) is 97.3 cm³/mol. The molecule has 1 saturated carbocycles. The van der Waals surface area contributed by atoms with E-state index in [4.69, 9.17) is 9.73 Å². The fraction of sp³-hybridized carbons (Fsp3) is 0.947. The number of nitrogens with zero attached hydrogens (tertiary/aromatic N) is 3. The number of rotatable bonds is 3. The summed E-state index contributed by atoms with van der Waals surface area (Å²) in [6, 6.07) is 0.681. The molecule has 24 heavy (non-hydrogen) atoms. The van der Waals surface area contributed by atoms with E-state index < -0.39 is 0 Å². The number of aliphatic imine (C=N–C) groups is 1. The third kappa shape index (κ3) is 3.57. The third-order valence-corrected chi connectivity index (χ3v) is 6.52. The zero-order chi connectivity index (χ0) is 16.4. The SMILES string of the molecule is CCNC(=NCC1CN2CCCC2CO1)N1CC2CCCCC2C1. The van der Waals surface area contributed by atoms with E-state index in [1.807, 2.05) is 0 Å². The van der Waals surface area contributed by atoms with Gasteiger partial charge in [-0.2, -0.15) is 0 Å². The molecule has 0 spiro atoms. The molecule has 1 aliphatic carbocycles. The fourth-order valence-corrected chi connectivity index (χ4v) is 5.19. The van der Waals surface area contributed by atoms with Gasteiger partial charge < -0.3 is 15.0 Å². The average Bonchev–Trinajstić information content (AvgIpc) is 3.24. The first-order valence-electron chi connectivity index (χ1n) is 10.2. The molecule has 4 aliphatic rings. The van der Waals surface area contributed by atoms with Crippen molar-refractivity contribution in [1.82, 2.24) is 15.1 Å². The van der Waals surface area contributed by atoms with E-state index in [2.05, 4.69) is 22.0 Å². The number of fused-ring (bicyclic) bond motifs is 2. The Balaban J connectivity index is 1.35.